The molecule has 0 unspecified atom stereocenters. The van der Waals surface area contributed by atoms with Crippen molar-refractivity contribution in [2.75, 3.05) is 6.61 Å². The molecule has 0 fully saturated rings. The van der Waals surface area contributed by atoms with Crippen LogP contribution in [0.15, 0.2) is 18.2 Å². The second-order valence-electron chi connectivity index (χ2n) is 3.45. The van der Waals surface area contributed by atoms with E-state index < -0.39 is 0 Å². The van der Waals surface area contributed by atoms with E-state index in [4.69, 9.17) is 9.84 Å². The standard InChI is InChI=1S/C11H15IO3Si/c12-10-3-2-8(6-9(10)7-13)11(14)15-4-1-5-16/h2-3,6,13H,1,4-5,7H2,16H3. The van der Waals surface area contributed by atoms with Gasteiger partial charge in [-0.1, -0.05) is 6.04 Å². The van der Waals surface area contributed by atoms with Crippen LogP contribution in [-0.2, 0) is 11.3 Å². The van der Waals surface area contributed by atoms with E-state index in [0.717, 1.165) is 31.8 Å². The number of rotatable bonds is 5. The average molecular weight is 350 g/mol. The normalized spacial score (nSPS) is 10.4. The Morgan fingerprint density at radius 3 is 2.88 bits per heavy atom. The van der Waals surface area contributed by atoms with Gasteiger partial charge in [-0.2, -0.15) is 0 Å². The molecule has 3 nitrogen and oxygen atoms in total. The highest BCUT2D eigenvalue weighted by molar-refractivity contribution is 14.1. The zero-order valence-electron chi connectivity index (χ0n) is 9.20. The van der Waals surface area contributed by atoms with Gasteiger partial charge in [0.15, 0.2) is 0 Å². The largest absolute Gasteiger partial charge is 0.462 e. The van der Waals surface area contributed by atoms with Crippen molar-refractivity contribution in [1.29, 1.82) is 0 Å². The second kappa shape index (κ2) is 7.03. The molecule has 0 amide bonds. The first-order chi connectivity index (χ1) is 7.69. The van der Waals surface area contributed by atoms with Crippen LogP contribution in [0.4, 0.5) is 0 Å². The van der Waals surface area contributed by atoms with Gasteiger partial charge in [0.1, 0.15) is 0 Å². The molecule has 0 bridgehead atoms. The molecule has 0 saturated heterocycles. The molecule has 1 aromatic rings. The van der Waals surface area contributed by atoms with Crippen LogP contribution in [0.2, 0.25) is 6.04 Å². The minimum atomic E-state index is -0.304. The van der Waals surface area contributed by atoms with Crippen LogP contribution in [0.25, 0.3) is 0 Å². The molecule has 1 aromatic carbocycles. The number of carbonyl (C=O) groups is 1. The third-order valence-electron chi connectivity index (χ3n) is 2.18. The molecule has 0 saturated carbocycles. The average Bonchev–Trinajstić information content (AvgIpc) is 2.30. The monoisotopic (exact) mass is 350 g/mol. The molecule has 88 valence electrons. The Labute approximate surface area is 112 Å². The van der Waals surface area contributed by atoms with Crippen LogP contribution in [0.3, 0.4) is 0 Å². The molecule has 0 aromatic heterocycles. The summed E-state index contributed by atoms with van der Waals surface area (Å²) in [6.07, 6.45) is 0.940. The highest BCUT2D eigenvalue weighted by Crippen LogP contribution is 2.15. The van der Waals surface area contributed by atoms with Crippen molar-refractivity contribution in [3.05, 3.63) is 32.9 Å². The van der Waals surface area contributed by atoms with E-state index in [1.807, 2.05) is 6.07 Å². The Bertz CT molecular complexity index is 368. The molecule has 0 aliphatic carbocycles. The lowest BCUT2D eigenvalue weighted by Crippen LogP contribution is -2.07. The fourth-order valence-electron chi connectivity index (χ4n) is 1.22. The molecule has 1 rings (SSSR count). The number of carbonyl (C=O) groups excluding carboxylic acids is 1. The molecular weight excluding hydrogens is 335 g/mol. The molecule has 0 aliphatic rings. The van der Waals surface area contributed by atoms with Gasteiger partial charge in [0, 0.05) is 13.8 Å². The van der Waals surface area contributed by atoms with E-state index in [1.54, 1.807) is 12.1 Å². The summed E-state index contributed by atoms with van der Waals surface area (Å²) in [6.45, 7) is 0.433. The van der Waals surface area contributed by atoms with Crippen LogP contribution >= 0.6 is 22.6 Å². The molecule has 1 N–H and O–H groups in total. The zero-order valence-corrected chi connectivity index (χ0v) is 13.4. The summed E-state index contributed by atoms with van der Waals surface area (Å²) in [7, 11) is 1.14. The van der Waals surface area contributed by atoms with E-state index in [-0.39, 0.29) is 12.6 Å². The Morgan fingerprint density at radius 2 is 2.25 bits per heavy atom. The van der Waals surface area contributed by atoms with Gasteiger partial charge in [0.05, 0.1) is 18.8 Å². The lowest BCUT2D eigenvalue weighted by atomic mass is 10.1. The van der Waals surface area contributed by atoms with E-state index >= 15 is 0 Å². The van der Waals surface area contributed by atoms with Gasteiger partial charge in [-0.25, -0.2) is 4.79 Å². The van der Waals surface area contributed by atoms with E-state index in [2.05, 4.69) is 22.6 Å². The number of aliphatic hydroxyl groups is 1. The lowest BCUT2D eigenvalue weighted by molar-refractivity contribution is 0.0505. The molecule has 0 atom stereocenters. The van der Waals surface area contributed by atoms with Gasteiger partial charge in [-0.3, -0.25) is 0 Å². The molecule has 0 spiro atoms. The molecule has 0 heterocycles. The first kappa shape index (κ1) is 13.7. The van der Waals surface area contributed by atoms with Crippen LogP contribution in [0.5, 0.6) is 0 Å². The highest BCUT2D eigenvalue weighted by atomic mass is 127. The van der Waals surface area contributed by atoms with Crippen molar-refractivity contribution >= 4 is 38.8 Å². The van der Waals surface area contributed by atoms with Crippen LogP contribution < -0.4 is 0 Å². The number of ether oxygens (including phenoxy) is 1. The highest BCUT2D eigenvalue weighted by Gasteiger charge is 2.09. The Morgan fingerprint density at radius 1 is 1.50 bits per heavy atom. The lowest BCUT2D eigenvalue weighted by Gasteiger charge is -2.06. The van der Waals surface area contributed by atoms with Crippen LogP contribution in [0, 0.1) is 3.57 Å². The van der Waals surface area contributed by atoms with Gasteiger partial charge in [0.2, 0.25) is 0 Å². The van der Waals surface area contributed by atoms with E-state index in [0.29, 0.717) is 12.2 Å². The van der Waals surface area contributed by atoms with Crippen molar-refractivity contribution in [3.8, 4) is 0 Å². The first-order valence-electron chi connectivity index (χ1n) is 5.25. The summed E-state index contributed by atoms with van der Waals surface area (Å²) < 4.78 is 6.06. The summed E-state index contributed by atoms with van der Waals surface area (Å²) in [5.41, 5.74) is 1.27. The van der Waals surface area contributed by atoms with E-state index in [1.165, 1.54) is 0 Å². The number of hydrogen-bond acceptors (Lipinski definition) is 3. The smallest absolute Gasteiger partial charge is 0.338 e. The van der Waals surface area contributed by atoms with Crippen molar-refractivity contribution < 1.29 is 14.6 Å². The Kier molecular flexibility index (Phi) is 6.00. The molecule has 16 heavy (non-hydrogen) atoms. The van der Waals surface area contributed by atoms with Gasteiger partial charge < -0.3 is 9.84 Å². The van der Waals surface area contributed by atoms with Gasteiger partial charge in [-0.05, 0) is 52.8 Å². The maximum atomic E-state index is 11.6. The molecule has 5 heteroatoms. The number of esters is 1. The number of hydrogen-bond donors (Lipinski definition) is 1. The maximum absolute atomic E-state index is 11.6. The summed E-state index contributed by atoms with van der Waals surface area (Å²) in [5.74, 6) is -0.304. The van der Waals surface area contributed by atoms with Crippen molar-refractivity contribution in [1.82, 2.24) is 0 Å². The summed E-state index contributed by atoms with van der Waals surface area (Å²) >= 11 is 2.13. The Hall–Kier alpha value is -0.403. The van der Waals surface area contributed by atoms with Gasteiger partial charge in [-0.15, -0.1) is 0 Å². The fourth-order valence-corrected chi connectivity index (χ4v) is 2.01. The predicted molar refractivity (Wildman–Crippen MR) is 74.7 cm³/mol. The molecular formula is C11H15IO3Si. The predicted octanol–water partition coefficient (Wildman–Crippen LogP) is 1.11. The Balaban J connectivity index is 2.68. The number of aliphatic hydroxyl groups excluding tert-OH is 1. The summed E-state index contributed by atoms with van der Waals surface area (Å²) in [4.78, 5) is 11.6. The van der Waals surface area contributed by atoms with Crippen LogP contribution in [-0.4, -0.2) is 27.9 Å². The molecule has 0 radical (unpaired) electrons. The van der Waals surface area contributed by atoms with Crippen LogP contribution in [0.1, 0.15) is 22.3 Å². The zero-order chi connectivity index (χ0) is 12.0. The number of halogens is 1. The second-order valence-corrected chi connectivity index (χ2v) is 5.62. The van der Waals surface area contributed by atoms with Crippen molar-refractivity contribution in [3.63, 3.8) is 0 Å². The van der Waals surface area contributed by atoms with Gasteiger partial charge in [0.25, 0.3) is 0 Å². The molecule has 0 aliphatic heterocycles. The van der Waals surface area contributed by atoms with E-state index in [9.17, 15) is 4.79 Å². The summed E-state index contributed by atoms with van der Waals surface area (Å²) in [6, 6.07) is 6.37. The fraction of sp³-hybridized carbons (Fsp3) is 0.364. The van der Waals surface area contributed by atoms with Gasteiger partial charge >= 0.3 is 5.97 Å². The SMILES string of the molecule is O=C(OCCC[SiH3])c1ccc(I)c(CO)c1. The minimum absolute atomic E-state index is 0.0556. The number of benzene rings is 1. The third-order valence-corrected chi connectivity index (χ3v) is 3.94. The minimum Gasteiger partial charge on any atom is -0.462 e. The topological polar surface area (TPSA) is 46.5 Å². The third kappa shape index (κ3) is 3.87. The quantitative estimate of drug-likeness (QED) is 0.375. The maximum Gasteiger partial charge on any atom is 0.338 e. The summed E-state index contributed by atoms with van der Waals surface area (Å²) in [5, 5.41) is 9.09. The van der Waals surface area contributed by atoms with Crippen molar-refractivity contribution in [2.24, 2.45) is 0 Å². The first-order valence-corrected chi connectivity index (χ1v) is 7.74. The van der Waals surface area contributed by atoms with Crippen molar-refractivity contribution in [2.45, 2.75) is 19.1 Å².